The van der Waals surface area contributed by atoms with Crippen molar-refractivity contribution in [2.45, 2.75) is 23.5 Å². The number of nitrogens with one attached hydrogen (secondary N) is 2. The number of hydrogen-bond acceptors (Lipinski definition) is 3. The fourth-order valence-electron chi connectivity index (χ4n) is 2.71. The number of carbonyl (C=O) groups is 2. The van der Waals surface area contributed by atoms with Crippen molar-refractivity contribution in [1.82, 2.24) is 0 Å². The van der Waals surface area contributed by atoms with Crippen LogP contribution in [0.3, 0.4) is 0 Å². The molecular weight excluding hydrogens is 404 g/mol. The zero-order valence-corrected chi connectivity index (χ0v) is 17.5. The highest BCUT2D eigenvalue weighted by molar-refractivity contribution is 8.00. The van der Waals surface area contributed by atoms with E-state index in [0.717, 1.165) is 10.6 Å². The highest BCUT2D eigenvalue weighted by atomic mass is 35.5. The molecule has 0 spiro atoms. The summed E-state index contributed by atoms with van der Waals surface area (Å²) in [4.78, 5) is 25.9. The first kappa shape index (κ1) is 21.0. The number of anilines is 2. The molecule has 1 atom stereocenters. The van der Waals surface area contributed by atoms with Gasteiger partial charge in [0.2, 0.25) is 5.91 Å². The van der Waals surface area contributed by atoms with Gasteiger partial charge in [0.25, 0.3) is 5.91 Å². The summed E-state index contributed by atoms with van der Waals surface area (Å²) in [7, 11) is 0. The maximum Gasteiger partial charge on any atom is 0.255 e. The summed E-state index contributed by atoms with van der Waals surface area (Å²) in [6.45, 7) is 1.98. The molecule has 148 valence electrons. The Labute approximate surface area is 179 Å². The molecule has 6 heteroatoms. The van der Waals surface area contributed by atoms with E-state index in [-0.39, 0.29) is 17.1 Å². The maximum atomic E-state index is 12.6. The Hall–Kier alpha value is -2.76. The van der Waals surface area contributed by atoms with Crippen molar-refractivity contribution in [3.8, 4) is 0 Å². The van der Waals surface area contributed by atoms with Crippen LogP contribution in [0.2, 0.25) is 5.02 Å². The minimum atomic E-state index is -0.242. The van der Waals surface area contributed by atoms with E-state index in [4.69, 9.17) is 11.6 Å². The number of para-hydroxylation sites is 1. The van der Waals surface area contributed by atoms with Gasteiger partial charge in [0.05, 0.1) is 5.25 Å². The first-order valence-electron chi connectivity index (χ1n) is 9.24. The van der Waals surface area contributed by atoms with E-state index in [2.05, 4.69) is 10.6 Å². The predicted molar refractivity (Wildman–Crippen MR) is 121 cm³/mol. The largest absolute Gasteiger partial charge is 0.325 e. The van der Waals surface area contributed by atoms with Gasteiger partial charge in [-0.1, -0.05) is 48.9 Å². The lowest BCUT2D eigenvalue weighted by atomic mass is 10.2. The van der Waals surface area contributed by atoms with Crippen LogP contribution >= 0.6 is 23.4 Å². The number of hydrogen-bond donors (Lipinski definition) is 2. The van der Waals surface area contributed by atoms with Gasteiger partial charge in [0, 0.05) is 26.9 Å². The molecule has 0 aliphatic carbocycles. The lowest BCUT2D eigenvalue weighted by Gasteiger charge is -2.15. The molecule has 0 radical (unpaired) electrons. The van der Waals surface area contributed by atoms with Gasteiger partial charge in [0.15, 0.2) is 0 Å². The van der Waals surface area contributed by atoms with Crippen molar-refractivity contribution < 1.29 is 9.59 Å². The van der Waals surface area contributed by atoms with Gasteiger partial charge < -0.3 is 10.6 Å². The molecule has 0 aliphatic rings. The van der Waals surface area contributed by atoms with Gasteiger partial charge in [0.1, 0.15) is 0 Å². The molecule has 0 heterocycles. The van der Waals surface area contributed by atoms with E-state index in [1.165, 1.54) is 11.8 Å². The molecule has 3 aromatic carbocycles. The van der Waals surface area contributed by atoms with Crippen molar-refractivity contribution in [1.29, 1.82) is 0 Å². The summed E-state index contributed by atoms with van der Waals surface area (Å²) >= 11 is 7.43. The molecule has 4 nitrogen and oxygen atoms in total. The molecular formula is C23H21ClN2O2S. The van der Waals surface area contributed by atoms with Crippen LogP contribution in [0, 0.1) is 0 Å². The van der Waals surface area contributed by atoms with Gasteiger partial charge in [-0.2, -0.15) is 0 Å². The zero-order chi connectivity index (χ0) is 20.6. The summed E-state index contributed by atoms with van der Waals surface area (Å²) in [5.41, 5.74) is 1.93. The third kappa shape index (κ3) is 6.11. The van der Waals surface area contributed by atoms with E-state index in [1.807, 2.05) is 61.5 Å². The van der Waals surface area contributed by atoms with Crippen molar-refractivity contribution in [3.05, 3.63) is 89.4 Å². The Balaban J connectivity index is 1.66. The average Bonchev–Trinajstić information content (AvgIpc) is 2.73. The second-order valence-corrected chi connectivity index (χ2v) is 8.07. The molecule has 0 aliphatic heterocycles. The van der Waals surface area contributed by atoms with E-state index < -0.39 is 0 Å². The fourth-order valence-corrected chi connectivity index (χ4v) is 3.91. The maximum absolute atomic E-state index is 12.6. The van der Waals surface area contributed by atoms with Crippen molar-refractivity contribution in [2.75, 3.05) is 10.6 Å². The number of carbonyl (C=O) groups excluding carboxylic acids is 2. The number of halogens is 1. The summed E-state index contributed by atoms with van der Waals surface area (Å²) in [6.07, 6.45) is 0.683. The molecule has 0 bridgehead atoms. The summed E-state index contributed by atoms with van der Waals surface area (Å²) in [5, 5.41) is 6.09. The first-order valence-corrected chi connectivity index (χ1v) is 10.5. The smallest absolute Gasteiger partial charge is 0.255 e. The number of thioether (sulfide) groups is 1. The summed E-state index contributed by atoms with van der Waals surface area (Å²) in [5.74, 6) is -0.277. The SMILES string of the molecule is CCC(Sc1cccc(NC(=O)c2cccc(Cl)c2)c1)C(=O)Nc1ccccc1. The molecule has 2 amide bonds. The van der Waals surface area contributed by atoms with E-state index >= 15 is 0 Å². The van der Waals surface area contributed by atoms with Crippen LogP contribution in [0.15, 0.2) is 83.8 Å². The molecule has 0 saturated heterocycles. The van der Waals surface area contributed by atoms with Gasteiger partial charge in [-0.3, -0.25) is 9.59 Å². The molecule has 3 aromatic rings. The number of rotatable bonds is 7. The molecule has 2 N–H and O–H groups in total. The monoisotopic (exact) mass is 424 g/mol. The number of benzene rings is 3. The van der Waals surface area contributed by atoms with Crippen molar-refractivity contribution >= 4 is 46.6 Å². The minimum Gasteiger partial charge on any atom is -0.325 e. The van der Waals surface area contributed by atoms with Crippen LogP contribution in [0.4, 0.5) is 11.4 Å². The first-order chi connectivity index (χ1) is 14.0. The van der Waals surface area contributed by atoms with Gasteiger partial charge in [-0.05, 0) is 55.0 Å². The second kappa shape index (κ2) is 10.1. The Morgan fingerprint density at radius 2 is 1.62 bits per heavy atom. The third-order valence-electron chi connectivity index (χ3n) is 4.16. The normalized spacial score (nSPS) is 11.5. The molecule has 3 rings (SSSR count). The zero-order valence-electron chi connectivity index (χ0n) is 15.9. The van der Waals surface area contributed by atoms with Crippen LogP contribution < -0.4 is 10.6 Å². The van der Waals surface area contributed by atoms with E-state index in [9.17, 15) is 9.59 Å². The van der Waals surface area contributed by atoms with Crippen LogP contribution in [0.5, 0.6) is 0 Å². The quantitative estimate of drug-likeness (QED) is 0.450. The van der Waals surface area contributed by atoms with Gasteiger partial charge in [-0.15, -0.1) is 11.8 Å². The van der Waals surface area contributed by atoms with Gasteiger partial charge >= 0.3 is 0 Å². The summed E-state index contributed by atoms with van der Waals surface area (Å²) in [6, 6.07) is 23.7. The van der Waals surface area contributed by atoms with Crippen LogP contribution in [-0.4, -0.2) is 17.1 Å². The van der Waals surface area contributed by atoms with Gasteiger partial charge in [-0.25, -0.2) is 0 Å². The molecule has 0 saturated carbocycles. The van der Waals surface area contributed by atoms with Crippen molar-refractivity contribution in [3.63, 3.8) is 0 Å². The van der Waals surface area contributed by atoms with Crippen LogP contribution in [0.25, 0.3) is 0 Å². The predicted octanol–water partition coefficient (Wildman–Crippen LogP) is 6.10. The highest BCUT2D eigenvalue weighted by Crippen LogP contribution is 2.28. The Bertz CT molecular complexity index is 995. The molecule has 0 aromatic heterocycles. The summed E-state index contributed by atoms with van der Waals surface area (Å²) < 4.78 is 0. The topological polar surface area (TPSA) is 58.2 Å². The second-order valence-electron chi connectivity index (χ2n) is 6.36. The Kier molecular flexibility index (Phi) is 7.33. The Morgan fingerprint density at radius 1 is 0.897 bits per heavy atom. The lowest BCUT2D eigenvalue weighted by Crippen LogP contribution is -2.24. The van der Waals surface area contributed by atoms with E-state index in [1.54, 1.807) is 24.3 Å². The van der Waals surface area contributed by atoms with Crippen LogP contribution in [0.1, 0.15) is 23.7 Å². The molecule has 29 heavy (non-hydrogen) atoms. The fraction of sp³-hybridized carbons (Fsp3) is 0.130. The third-order valence-corrected chi connectivity index (χ3v) is 5.75. The lowest BCUT2D eigenvalue weighted by molar-refractivity contribution is -0.115. The Morgan fingerprint density at radius 3 is 2.34 bits per heavy atom. The van der Waals surface area contributed by atoms with Crippen LogP contribution in [-0.2, 0) is 4.79 Å². The molecule has 1 unspecified atom stereocenters. The average molecular weight is 425 g/mol. The number of amides is 2. The van der Waals surface area contributed by atoms with Crippen molar-refractivity contribution in [2.24, 2.45) is 0 Å². The van der Waals surface area contributed by atoms with E-state index in [0.29, 0.717) is 22.7 Å². The minimum absolute atomic E-state index is 0.0444. The standard InChI is InChI=1S/C23H21ClN2O2S/c1-2-21(23(28)25-18-10-4-3-5-11-18)29-20-13-7-12-19(15-20)26-22(27)16-8-6-9-17(24)14-16/h3-15,21H,2H2,1H3,(H,25,28)(H,26,27). The highest BCUT2D eigenvalue weighted by Gasteiger charge is 2.18. The molecule has 0 fully saturated rings.